The molecule has 0 unspecified atom stereocenters. The highest BCUT2D eigenvalue weighted by Crippen LogP contribution is 2.45. The maximum absolute atomic E-state index is 14.0. The third-order valence-corrected chi connectivity index (χ3v) is 6.76. The quantitative estimate of drug-likeness (QED) is 0.381. The van der Waals surface area contributed by atoms with Crippen molar-refractivity contribution in [2.75, 3.05) is 32.3 Å². The summed E-state index contributed by atoms with van der Waals surface area (Å²) in [5, 5.41) is 19.8. The summed E-state index contributed by atoms with van der Waals surface area (Å²) in [6.07, 6.45) is -2.98. The fraction of sp³-hybridized carbons (Fsp3) is 0.444. The number of methoxy groups -OCH3 is 2. The third kappa shape index (κ3) is 5.78. The molecule has 2 aromatic carbocycles. The predicted molar refractivity (Wildman–Crippen MR) is 141 cm³/mol. The molecule has 1 aliphatic rings. The van der Waals surface area contributed by atoms with Crippen LogP contribution in [0.15, 0.2) is 36.4 Å². The van der Waals surface area contributed by atoms with Crippen LogP contribution in [0.1, 0.15) is 44.4 Å². The van der Waals surface area contributed by atoms with Crippen LogP contribution in [0.4, 0.5) is 5.69 Å². The zero-order valence-electron chi connectivity index (χ0n) is 22.0. The van der Waals surface area contributed by atoms with Crippen molar-refractivity contribution in [1.29, 1.82) is 0 Å². The van der Waals surface area contributed by atoms with E-state index in [0.29, 0.717) is 33.3 Å². The van der Waals surface area contributed by atoms with Gasteiger partial charge < -0.3 is 35.1 Å². The van der Waals surface area contributed by atoms with Crippen molar-refractivity contribution >= 4 is 34.9 Å². The number of carboxylic acids is 1. The number of carbonyl (C=O) groups is 3. The van der Waals surface area contributed by atoms with E-state index in [2.05, 4.69) is 0 Å². The molecule has 0 saturated carbocycles. The summed E-state index contributed by atoms with van der Waals surface area (Å²) in [7, 11) is 2.95. The van der Waals surface area contributed by atoms with Crippen LogP contribution in [-0.2, 0) is 19.1 Å². The summed E-state index contributed by atoms with van der Waals surface area (Å²) in [6.45, 7) is 4.49. The van der Waals surface area contributed by atoms with Gasteiger partial charge in [0.2, 0.25) is 0 Å². The standard InChI is InChI=1S/C27H33ClN2O8/c1-26(2,14-31)13-30-18-10-9-15(28)11-17(18)22(16-7-6-8-19(36-4)23(16)37-5)38-20(24(30)33)12-21(32)27(3,29)25(34)35/h6-11,20,22,31H,12-14,29H2,1-5H3,(H,34,35)/t20-,22-,27+/m1/s1. The minimum absolute atomic E-state index is 0.0752. The second kappa shape index (κ2) is 11.3. The van der Waals surface area contributed by atoms with Gasteiger partial charge in [-0.05, 0) is 31.2 Å². The number of hydrogen-bond donors (Lipinski definition) is 3. The Balaban J connectivity index is 2.26. The van der Waals surface area contributed by atoms with Gasteiger partial charge in [0.15, 0.2) is 22.8 Å². The Labute approximate surface area is 226 Å². The third-order valence-electron chi connectivity index (χ3n) is 6.53. The first-order valence-corrected chi connectivity index (χ1v) is 12.3. The van der Waals surface area contributed by atoms with E-state index in [-0.39, 0.29) is 13.2 Å². The van der Waals surface area contributed by atoms with Crippen molar-refractivity contribution in [3.8, 4) is 11.5 Å². The topological polar surface area (TPSA) is 149 Å². The molecule has 0 aliphatic carbocycles. The van der Waals surface area contributed by atoms with Gasteiger partial charge in [-0.1, -0.05) is 37.6 Å². The number of nitrogens with zero attached hydrogens (tertiary/aromatic N) is 1. The maximum Gasteiger partial charge on any atom is 0.331 e. The number of carbonyl (C=O) groups excluding carboxylic acids is 2. The molecular weight excluding hydrogens is 516 g/mol. The molecular formula is C27H33ClN2O8. The van der Waals surface area contributed by atoms with E-state index in [1.165, 1.54) is 19.1 Å². The summed E-state index contributed by atoms with van der Waals surface area (Å²) < 4.78 is 17.4. The number of aliphatic hydroxyl groups excluding tert-OH is 1. The Morgan fingerprint density at radius 1 is 1.13 bits per heavy atom. The second-order valence-electron chi connectivity index (χ2n) is 10.2. The molecule has 3 rings (SSSR count). The van der Waals surface area contributed by atoms with Crippen molar-refractivity contribution in [2.24, 2.45) is 11.1 Å². The van der Waals surface area contributed by atoms with Crippen LogP contribution in [0.3, 0.4) is 0 Å². The van der Waals surface area contributed by atoms with E-state index < -0.39 is 47.2 Å². The van der Waals surface area contributed by atoms with Gasteiger partial charge >= 0.3 is 5.97 Å². The Morgan fingerprint density at radius 2 is 1.82 bits per heavy atom. The molecule has 0 bridgehead atoms. The number of ketones is 1. The lowest BCUT2D eigenvalue weighted by Crippen LogP contribution is -2.54. The smallest absolute Gasteiger partial charge is 0.331 e. The van der Waals surface area contributed by atoms with E-state index >= 15 is 0 Å². The summed E-state index contributed by atoms with van der Waals surface area (Å²) >= 11 is 6.38. The molecule has 0 fully saturated rings. The van der Waals surface area contributed by atoms with Gasteiger partial charge in [-0.3, -0.25) is 9.59 Å². The first kappa shape index (κ1) is 29.4. The van der Waals surface area contributed by atoms with Gasteiger partial charge in [-0.2, -0.15) is 0 Å². The number of carboxylic acid groups (broad SMARTS) is 1. The molecule has 0 radical (unpaired) electrons. The SMILES string of the molecule is COc1cccc([C@H]2O[C@H](CC(=O)[C@](C)(N)C(=O)O)C(=O)N(CC(C)(C)CO)c3ccc(Cl)cc32)c1OC. The lowest BCUT2D eigenvalue weighted by molar-refractivity contribution is -0.150. The van der Waals surface area contributed by atoms with Gasteiger partial charge in [-0.15, -0.1) is 0 Å². The van der Waals surface area contributed by atoms with Crippen LogP contribution >= 0.6 is 11.6 Å². The maximum atomic E-state index is 14.0. The molecule has 3 atom stereocenters. The van der Waals surface area contributed by atoms with E-state index in [1.54, 1.807) is 50.2 Å². The number of para-hydroxylation sites is 1. The number of aliphatic hydroxyl groups is 1. The molecule has 4 N–H and O–H groups in total. The van der Waals surface area contributed by atoms with Crippen LogP contribution in [0, 0.1) is 5.41 Å². The lowest BCUT2D eigenvalue weighted by Gasteiger charge is -2.33. The molecule has 1 amide bonds. The highest BCUT2D eigenvalue weighted by molar-refractivity contribution is 6.30. The zero-order valence-corrected chi connectivity index (χ0v) is 22.7. The highest BCUT2D eigenvalue weighted by Gasteiger charge is 2.44. The molecule has 10 nitrogen and oxygen atoms in total. The molecule has 2 aromatic rings. The average Bonchev–Trinajstić information content (AvgIpc) is 2.98. The van der Waals surface area contributed by atoms with Crippen molar-refractivity contribution in [2.45, 2.75) is 44.9 Å². The van der Waals surface area contributed by atoms with E-state index in [4.69, 9.17) is 31.5 Å². The Bertz CT molecular complexity index is 1230. The van der Waals surface area contributed by atoms with Crippen molar-refractivity contribution in [1.82, 2.24) is 0 Å². The number of fused-ring (bicyclic) bond motifs is 1. The fourth-order valence-electron chi connectivity index (χ4n) is 4.21. The van der Waals surface area contributed by atoms with Crippen LogP contribution in [-0.4, -0.2) is 66.9 Å². The largest absolute Gasteiger partial charge is 0.493 e. The Morgan fingerprint density at radius 3 is 2.39 bits per heavy atom. The van der Waals surface area contributed by atoms with Gasteiger partial charge in [-0.25, -0.2) is 4.79 Å². The van der Waals surface area contributed by atoms with Gasteiger partial charge in [0.05, 0.1) is 14.2 Å². The molecule has 1 aliphatic heterocycles. The fourth-order valence-corrected chi connectivity index (χ4v) is 4.39. The first-order valence-electron chi connectivity index (χ1n) is 11.9. The number of anilines is 1. The Kier molecular flexibility index (Phi) is 8.72. The highest BCUT2D eigenvalue weighted by atomic mass is 35.5. The molecule has 206 valence electrons. The zero-order chi connectivity index (χ0) is 28.4. The molecule has 11 heteroatoms. The average molecular weight is 549 g/mol. The Hall–Kier alpha value is -3.18. The summed E-state index contributed by atoms with van der Waals surface area (Å²) in [5.41, 5.74) is 4.29. The van der Waals surface area contributed by atoms with Crippen molar-refractivity contribution < 1.29 is 38.8 Å². The minimum atomic E-state index is -2.23. The van der Waals surface area contributed by atoms with Crippen molar-refractivity contribution in [3.05, 3.63) is 52.5 Å². The number of ether oxygens (including phenoxy) is 3. The first-order chi connectivity index (χ1) is 17.8. The molecule has 0 saturated heterocycles. The molecule has 0 aromatic heterocycles. The van der Waals surface area contributed by atoms with Crippen LogP contribution in [0.25, 0.3) is 0 Å². The molecule has 1 heterocycles. The summed E-state index contributed by atoms with van der Waals surface area (Å²) in [6, 6.07) is 10.1. The van der Waals surface area contributed by atoms with E-state index in [1.807, 2.05) is 0 Å². The van der Waals surface area contributed by atoms with Crippen LogP contribution in [0.5, 0.6) is 11.5 Å². The van der Waals surface area contributed by atoms with Crippen LogP contribution < -0.4 is 20.1 Å². The second-order valence-corrected chi connectivity index (χ2v) is 10.6. The van der Waals surface area contributed by atoms with Gasteiger partial charge in [0.25, 0.3) is 5.91 Å². The number of hydrogen-bond acceptors (Lipinski definition) is 8. The molecule has 38 heavy (non-hydrogen) atoms. The summed E-state index contributed by atoms with van der Waals surface area (Å²) in [5.74, 6) is -2.23. The monoisotopic (exact) mass is 548 g/mol. The van der Waals surface area contributed by atoms with Gasteiger partial charge in [0, 0.05) is 46.8 Å². The number of halogens is 1. The van der Waals surface area contributed by atoms with Crippen LogP contribution in [0.2, 0.25) is 5.02 Å². The normalized spacial score (nSPS) is 19.3. The number of aliphatic carboxylic acids is 1. The lowest BCUT2D eigenvalue weighted by atomic mass is 9.91. The minimum Gasteiger partial charge on any atom is -0.493 e. The molecule has 0 spiro atoms. The van der Waals surface area contributed by atoms with Crippen molar-refractivity contribution in [3.63, 3.8) is 0 Å². The van der Waals surface area contributed by atoms with E-state index in [9.17, 15) is 24.6 Å². The number of benzene rings is 2. The predicted octanol–water partition coefficient (Wildman–Crippen LogP) is 2.96. The number of amides is 1. The summed E-state index contributed by atoms with van der Waals surface area (Å²) in [4.78, 5) is 40.1. The number of rotatable bonds is 10. The number of Topliss-reactive ketones (excluding diaryl/α,β-unsaturated/α-hetero) is 1. The van der Waals surface area contributed by atoms with Gasteiger partial charge in [0.1, 0.15) is 12.2 Å². The van der Waals surface area contributed by atoms with E-state index in [0.717, 1.165) is 6.92 Å². The number of nitrogens with two attached hydrogens (primary N) is 1.